The number of aryl methyl sites for hydroxylation is 1. The molecule has 22 heavy (non-hydrogen) atoms. The Morgan fingerprint density at radius 1 is 1.18 bits per heavy atom. The SMILES string of the molecule is CCCC1CCCC(CC=O)N1S(=O)(=O)c1ccc(C)cc1. The van der Waals surface area contributed by atoms with Gasteiger partial charge in [0.15, 0.2) is 0 Å². The molecule has 122 valence electrons. The van der Waals surface area contributed by atoms with Gasteiger partial charge in [-0.25, -0.2) is 8.42 Å². The summed E-state index contributed by atoms with van der Waals surface area (Å²) in [6.45, 7) is 4.01. The maximum Gasteiger partial charge on any atom is 0.243 e. The minimum Gasteiger partial charge on any atom is -0.303 e. The van der Waals surface area contributed by atoms with E-state index in [9.17, 15) is 13.2 Å². The maximum atomic E-state index is 13.1. The third-order valence-corrected chi connectivity index (χ3v) is 6.40. The van der Waals surface area contributed by atoms with Crippen molar-refractivity contribution in [2.24, 2.45) is 0 Å². The first-order valence-electron chi connectivity index (χ1n) is 8.04. The fraction of sp³-hybridized carbons (Fsp3) is 0.588. The van der Waals surface area contributed by atoms with Gasteiger partial charge in [0.25, 0.3) is 0 Å². The lowest BCUT2D eigenvalue weighted by molar-refractivity contribution is -0.108. The second-order valence-corrected chi connectivity index (χ2v) is 7.92. The second kappa shape index (κ2) is 7.38. The zero-order valence-corrected chi connectivity index (χ0v) is 14.2. The zero-order chi connectivity index (χ0) is 16.2. The lowest BCUT2D eigenvalue weighted by Crippen LogP contribution is -2.50. The summed E-state index contributed by atoms with van der Waals surface area (Å²) in [6, 6.07) is 6.78. The minimum atomic E-state index is -3.55. The highest BCUT2D eigenvalue weighted by atomic mass is 32.2. The number of nitrogens with zero attached hydrogens (tertiary/aromatic N) is 1. The van der Waals surface area contributed by atoms with Crippen LogP contribution in [0, 0.1) is 6.92 Å². The largest absolute Gasteiger partial charge is 0.303 e. The number of sulfonamides is 1. The van der Waals surface area contributed by atoms with Crippen LogP contribution in [0.2, 0.25) is 0 Å². The predicted octanol–water partition coefficient (Wildman–Crippen LogP) is 3.30. The van der Waals surface area contributed by atoms with Gasteiger partial charge in [0.1, 0.15) is 6.29 Å². The number of benzene rings is 1. The van der Waals surface area contributed by atoms with E-state index in [2.05, 4.69) is 6.92 Å². The number of aldehydes is 1. The van der Waals surface area contributed by atoms with Gasteiger partial charge in [-0.1, -0.05) is 37.5 Å². The van der Waals surface area contributed by atoms with Crippen molar-refractivity contribution in [3.8, 4) is 0 Å². The van der Waals surface area contributed by atoms with Crippen molar-refractivity contribution >= 4 is 16.3 Å². The van der Waals surface area contributed by atoms with Crippen LogP contribution in [-0.2, 0) is 14.8 Å². The summed E-state index contributed by atoms with van der Waals surface area (Å²) in [5, 5.41) is 0. The van der Waals surface area contributed by atoms with Crippen molar-refractivity contribution in [3.05, 3.63) is 29.8 Å². The molecule has 0 N–H and O–H groups in total. The molecule has 0 saturated carbocycles. The lowest BCUT2D eigenvalue weighted by Gasteiger charge is -2.40. The van der Waals surface area contributed by atoms with Crippen LogP contribution < -0.4 is 0 Å². The van der Waals surface area contributed by atoms with Crippen molar-refractivity contribution in [2.75, 3.05) is 0 Å². The molecule has 5 heteroatoms. The second-order valence-electron chi connectivity index (χ2n) is 6.08. The molecule has 2 unspecified atom stereocenters. The number of carbonyl (C=O) groups excluding carboxylic acids is 1. The molecule has 1 aromatic carbocycles. The first-order valence-corrected chi connectivity index (χ1v) is 9.48. The molecule has 2 rings (SSSR count). The van der Waals surface area contributed by atoms with Crippen LogP contribution in [-0.4, -0.2) is 31.1 Å². The standard InChI is InChI=1S/C17H25NO3S/c1-3-5-15-6-4-7-16(12-13-19)18(15)22(20,21)17-10-8-14(2)9-11-17/h8-11,13,15-16H,3-7,12H2,1-2H3. The van der Waals surface area contributed by atoms with Gasteiger partial charge in [-0.3, -0.25) is 0 Å². The van der Waals surface area contributed by atoms with E-state index in [1.807, 2.05) is 19.1 Å². The average Bonchev–Trinajstić information content (AvgIpc) is 2.48. The molecule has 0 aromatic heterocycles. The quantitative estimate of drug-likeness (QED) is 0.755. The molecule has 1 fully saturated rings. The van der Waals surface area contributed by atoms with Crippen molar-refractivity contribution in [1.29, 1.82) is 0 Å². The van der Waals surface area contributed by atoms with Crippen molar-refractivity contribution in [2.45, 2.75) is 69.4 Å². The predicted molar refractivity (Wildman–Crippen MR) is 87.2 cm³/mol. The molecule has 1 aliphatic rings. The zero-order valence-electron chi connectivity index (χ0n) is 13.4. The maximum absolute atomic E-state index is 13.1. The Balaban J connectivity index is 2.40. The summed E-state index contributed by atoms with van der Waals surface area (Å²) in [6.07, 6.45) is 5.56. The lowest BCUT2D eigenvalue weighted by atomic mass is 9.94. The number of piperidine rings is 1. The third kappa shape index (κ3) is 3.58. The average molecular weight is 323 g/mol. The molecule has 1 saturated heterocycles. The fourth-order valence-electron chi connectivity index (χ4n) is 3.30. The van der Waals surface area contributed by atoms with Crippen LogP contribution >= 0.6 is 0 Å². The number of rotatable bonds is 6. The summed E-state index contributed by atoms with van der Waals surface area (Å²) < 4.78 is 27.8. The first-order chi connectivity index (χ1) is 10.5. The summed E-state index contributed by atoms with van der Waals surface area (Å²) in [5.41, 5.74) is 1.03. The Hall–Kier alpha value is -1.20. The Labute approximate surface area is 133 Å². The number of hydrogen-bond acceptors (Lipinski definition) is 3. The highest BCUT2D eigenvalue weighted by molar-refractivity contribution is 7.89. The highest BCUT2D eigenvalue weighted by Gasteiger charge is 2.39. The van der Waals surface area contributed by atoms with E-state index in [4.69, 9.17) is 0 Å². The number of hydrogen-bond donors (Lipinski definition) is 0. The minimum absolute atomic E-state index is 0.00926. The van der Waals surface area contributed by atoms with Gasteiger partial charge in [0.2, 0.25) is 10.0 Å². The molecular formula is C17H25NO3S. The van der Waals surface area contributed by atoms with Crippen LogP contribution in [0.4, 0.5) is 0 Å². The van der Waals surface area contributed by atoms with E-state index in [1.165, 1.54) is 0 Å². The fourth-order valence-corrected chi connectivity index (χ4v) is 5.21. The van der Waals surface area contributed by atoms with E-state index in [0.29, 0.717) is 4.90 Å². The third-order valence-electron chi connectivity index (χ3n) is 4.38. The molecule has 4 nitrogen and oxygen atoms in total. The summed E-state index contributed by atoms with van der Waals surface area (Å²) >= 11 is 0. The monoisotopic (exact) mass is 323 g/mol. The van der Waals surface area contributed by atoms with Crippen LogP contribution in [0.1, 0.15) is 51.0 Å². The molecule has 1 aliphatic heterocycles. The van der Waals surface area contributed by atoms with Gasteiger partial charge in [-0.2, -0.15) is 4.31 Å². The Kier molecular flexibility index (Phi) is 5.75. The van der Waals surface area contributed by atoms with E-state index in [-0.39, 0.29) is 18.5 Å². The smallest absolute Gasteiger partial charge is 0.243 e. The van der Waals surface area contributed by atoms with Crippen LogP contribution in [0.15, 0.2) is 29.2 Å². The molecule has 1 heterocycles. The Morgan fingerprint density at radius 3 is 2.41 bits per heavy atom. The summed E-state index contributed by atoms with van der Waals surface area (Å²) in [4.78, 5) is 11.3. The van der Waals surface area contributed by atoms with E-state index < -0.39 is 10.0 Å². The van der Waals surface area contributed by atoms with Gasteiger partial charge in [0, 0.05) is 18.5 Å². The van der Waals surface area contributed by atoms with Gasteiger partial charge < -0.3 is 4.79 Å². The van der Waals surface area contributed by atoms with Crippen molar-refractivity contribution < 1.29 is 13.2 Å². The molecule has 0 aliphatic carbocycles. The van der Waals surface area contributed by atoms with Gasteiger partial charge >= 0.3 is 0 Å². The van der Waals surface area contributed by atoms with Crippen LogP contribution in [0.25, 0.3) is 0 Å². The molecule has 0 radical (unpaired) electrons. The molecule has 1 aromatic rings. The molecule has 2 atom stereocenters. The van der Waals surface area contributed by atoms with Crippen molar-refractivity contribution in [1.82, 2.24) is 4.31 Å². The summed E-state index contributed by atoms with van der Waals surface area (Å²) in [7, 11) is -3.55. The number of carbonyl (C=O) groups is 1. The van der Waals surface area contributed by atoms with Crippen LogP contribution in [0.5, 0.6) is 0 Å². The molecule has 0 spiro atoms. The van der Waals surface area contributed by atoms with Crippen LogP contribution in [0.3, 0.4) is 0 Å². The van der Waals surface area contributed by atoms with Gasteiger partial charge in [-0.05, 0) is 38.3 Å². The van der Waals surface area contributed by atoms with Gasteiger partial charge in [-0.15, -0.1) is 0 Å². The molecule has 0 bridgehead atoms. The van der Waals surface area contributed by atoms with E-state index >= 15 is 0 Å². The Bertz CT molecular complexity index is 593. The molecular weight excluding hydrogens is 298 g/mol. The molecule has 0 amide bonds. The first kappa shape index (κ1) is 17.2. The topological polar surface area (TPSA) is 54.5 Å². The summed E-state index contributed by atoms with van der Waals surface area (Å²) in [5.74, 6) is 0. The Morgan fingerprint density at radius 2 is 1.82 bits per heavy atom. The van der Waals surface area contributed by atoms with Gasteiger partial charge in [0.05, 0.1) is 4.90 Å². The van der Waals surface area contributed by atoms with E-state index in [1.54, 1.807) is 16.4 Å². The highest BCUT2D eigenvalue weighted by Crippen LogP contribution is 2.33. The normalized spacial score (nSPS) is 23.4. The van der Waals surface area contributed by atoms with Crippen molar-refractivity contribution in [3.63, 3.8) is 0 Å². The van der Waals surface area contributed by atoms with E-state index in [0.717, 1.165) is 44.0 Å².